The summed E-state index contributed by atoms with van der Waals surface area (Å²) in [5, 5.41) is 0. The van der Waals surface area contributed by atoms with Gasteiger partial charge in [-0.2, -0.15) is 8.42 Å². The van der Waals surface area contributed by atoms with Gasteiger partial charge in [0.05, 0.1) is 0 Å². The van der Waals surface area contributed by atoms with Crippen molar-refractivity contribution in [2.75, 3.05) is 44.2 Å². The topological polar surface area (TPSA) is 100 Å². The van der Waals surface area contributed by atoms with Gasteiger partial charge in [-0.25, -0.2) is 0 Å². The number of carbonyl (C=O) groups excluding carboxylic acids is 2. The van der Waals surface area contributed by atoms with E-state index >= 15 is 0 Å². The lowest BCUT2D eigenvalue weighted by molar-refractivity contribution is 0.0589. The largest absolute Gasteiger partial charge is 0.490 e. The van der Waals surface area contributed by atoms with E-state index in [1.54, 1.807) is 18.3 Å². The molecule has 4 heterocycles. The maximum Gasteiger partial charge on any atom is 0.335 e. The number of hydrogen-bond donors (Lipinski definition) is 0. The van der Waals surface area contributed by atoms with Gasteiger partial charge in [0.2, 0.25) is 0 Å². The molecule has 0 aliphatic carbocycles. The normalized spacial score (nSPS) is 17.7. The Morgan fingerprint density at radius 2 is 1.48 bits per heavy atom. The molecule has 46 heavy (non-hydrogen) atoms. The lowest BCUT2D eigenvalue weighted by Crippen LogP contribution is -2.42. The second-order valence-electron chi connectivity index (χ2n) is 12.6. The van der Waals surface area contributed by atoms with Crippen molar-refractivity contribution in [3.8, 4) is 5.75 Å². The Morgan fingerprint density at radius 3 is 2.09 bits per heavy atom. The molecule has 3 aliphatic heterocycles. The van der Waals surface area contributed by atoms with E-state index in [2.05, 4.69) is 46.0 Å². The van der Waals surface area contributed by atoms with Crippen LogP contribution in [0.15, 0.2) is 66.9 Å². The molecule has 9 nitrogen and oxygen atoms in total. The van der Waals surface area contributed by atoms with E-state index in [9.17, 15) is 9.59 Å². The molecule has 0 spiro atoms. The van der Waals surface area contributed by atoms with E-state index in [1.807, 2.05) is 29.2 Å². The molecule has 0 atom stereocenters. The summed E-state index contributed by atoms with van der Waals surface area (Å²) < 4.78 is 22.7. The van der Waals surface area contributed by atoms with E-state index in [0.717, 1.165) is 51.1 Å². The number of ether oxygens (including phenoxy) is 1. The molecule has 0 radical (unpaired) electrons. The molecule has 2 aromatic carbocycles. The number of carbonyl (C=O) groups is 2. The number of Topliss-reactive ketones (excluding diaryl/α,β-unsaturated/α-hetero) is 1. The van der Waals surface area contributed by atoms with Crippen molar-refractivity contribution in [1.29, 1.82) is 0 Å². The third kappa shape index (κ3) is 9.33. The van der Waals surface area contributed by atoms with Gasteiger partial charge < -0.3 is 14.5 Å². The highest BCUT2D eigenvalue weighted by Crippen LogP contribution is 2.26. The van der Waals surface area contributed by atoms with Crippen LogP contribution in [-0.4, -0.2) is 80.3 Å². The van der Waals surface area contributed by atoms with Crippen molar-refractivity contribution in [3.05, 3.63) is 89.2 Å². The minimum atomic E-state index is -0.750. The molecule has 3 fully saturated rings. The van der Waals surface area contributed by atoms with Gasteiger partial charge in [0.25, 0.3) is 5.91 Å². The van der Waals surface area contributed by atoms with Crippen LogP contribution in [0.1, 0.15) is 76.9 Å². The van der Waals surface area contributed by atoms with Crippen LogP contribution in [0.4, 0.5) is 5.69 Å². The fraction of sp³-hybridized carbons (Fsp3) is 0.472. The number of piperidine rings is 2. The maximum atomic E-state index is 13.1. The molecule has 3 aliphatic rings. The highest BCUT2D eigenvalue weighted by molar-refractivity contribution is 7.51. The van der Waals surface area contributed by atoms with Gasteiger partial charge in [-0.05, 0) is 93.6 Å². The molecule has 1 aromatic heterocycles. The smallest absolute Gasteiger partial charge is 0.335 e. The average molecular weight is 645 g/mol. The quantitative estimate of drug-likeness (QED) is 0.282. The van der Waals surface area contributed by atoms with Gasteiger partial charge in [-0.3, -0.25) is 19.5 Å². The van der Waals surface area contributed by atoms with Gasteiger partial charge in [0.1, 0.15) is 17.5 Å². The van der Waals surface area contributed by atoms with Crippen molar-refractivity contribution in [2.24, 2.45) is 5.92 Å². The Morgan fingerprint density at radius 1 is 0.826 bits per heavy atom. The van der Waals surface area contributed by atoms with Crippen LogP contribution >= 0.6 is 0 Å². The molecular weight excluding hydrogens is 600 g/mol. The van der Waals surface area contributed by atoms with Gasteiger partial charge in [-0.1, -0.05) is 29.8 Å². The Hall–Kier alpha value is -3.89. The number of nitrogens with zero attached hydrogens (tertiary/aromatic N) is 4. The number of aryl methyl sites for hydroxylation is 1. The predicted molar refractivity (Wildman–Crippen MR) is 179 cm³/mol. The van der Waals surface area contributed by atoms with Gasteiger partial charge in [-0.15, -0.1) is 0 Å². The van der Waals surface area contributed by atoms with Crippen LogP contribution in [0, 0.1) is 12.8 Å². The van der Waals surface area contributed by atoms with Gasteiger partial charge in [0.15, 0.2) is 5.78 Å². The summed E-state index contributed by atoms with van der Waals surface area (Å²) in [5.74, 6) is 1.31. The average Bonchev–Trinajstić information content (AvgIpc) is 3.63. The Labute approximate surface area is 275 Å². The predicted octanol–water partition coefficient (Wildman–Crippen LogP) is 5.49. The molecule has 3 saturated heterocycles. The third-order valence-electron chi connectivity index (χ3n) is 9.35. The standard InChI is InChI=1S/C36H44N4O3.O2S/c1-27-4-11-32(12-5-27)43-33-16-22-40(23-17-33)36(42)34-13-8-30(25-37-34)35(41)24-28-14-20-38(21-15-28)26-29-6-9-31(10-7-29)39-18-2-3-19-39;1-3-2/h4-13,25,28,33H,2-3,14-24,26H2,1H3;. The fourth-order valence-corrected chi connectivity index (χ4v) is 6.61. The fourth-order valence-electron chi connectivity index (χ4n) is 6.61. The van der Waals surface area contributed by atoms with E-state index in [1.165, 1.54) is 42.7 Å². The number of amides is 1. The number of likely N-dealkylation sites (tertiary alicyclic amines) is 2. The number of hydrogen-bond acceptors (Lipinski definition) is 8. The molecule has 0 bridgehead atoms. The molecule has 6 rings (SSSR count). The van der Waals surface area contributed by atoms with Gasteiger partial charge >= 0.3 is 11.6 Å². The number of aromatic nitrogens is 1. The van der Waals surface area contributed by atoms with Crippen LogP contribution in [0.5, 0.6) is 5.75 Å². The number of benzene rings is 2. The first-order valence-corrected chi connectivity index (χ1v) is 17.1. The van der Waals surface area contributed by atoms with E-state index in [4.69, 9.17) is 13.2 Å². The zero-order valence-electron chi connectivity index (χ0n) is 26.6. The Balaban J connectivity index is 0.00000134. The first-order chi connectivity index (χ1) is 22.4. The van der Waals surface area contributed by atoms with E-state index < -0.39 is 11.6 Å². The number of pyridine rings is 1. The SMILES string of the molecule is Cc1ccc(OC2CCN(C(=O)c3ccc(C(=O)CC4CCN(Cc5ccc(N6CCCC6)cc5)CC4)cn3)CC2)cc1.O=S=O. The monoisotopic (exact) mass is 644 g/mol. The maximum absolute atomic E-state index is 13.1. The molecule has 1 amide bonds. The van der Waals surface area contributed by atoms with Crippen molar-refractivity contribution in [2.45, 2.75) is 64.5 Å². The van der Waals surface area contributed by atoms with Crippen molar-refractivity contribution < 1.29 is 22.7 Å². The van der Waals surface area contributed by atoms with Crippen molar-refractivity contribution >= 4 is 28.9 Å². The van der Waals surface area contributed by atoms with Crippen LogP contribution < -0.4 is 9.64 Å². The summed E-state index contributed by atoms with van der Waals surface area (Å²) in [4.78, 5) is 37.3. The highest BCUT2D eigenvalue weighted by Gasteiger charge is 2.26. The van der Waals surface area contributed by atoms with Crippen LogP contribution in [0.3, 0.4) is 0 Å². The first-order valence-electron chi connectivity index (χ1n) is 16.4. The van der Waals surface area contributed by atoms with E-state index in [-0.39, 0.29) is 17.8 Å². The third-order valence-corrected chi connectivity index (χ3v) is 9.35. The molecule has 0 saturated carbocycles. The second kappa shape index (κ2) is 16.6. The number of rotatable bonds is 9. The lowest BCUT2D eigenvalue weighted by atomic mass is 9.90. The minimum absolute atomic E-state index is 0.0779. The first kappa shape index (κ1) is 33.5. The second-order valence-corrected chi connectivity index (χ2v) is 12.8. The van der Waals surface area contributed by atoms with Crippen molar-refractivity contribution in [1.82, 2.24) is 14.8 Å². The summed E-state index contributed by atoms with van der Waals surface area (Å²) >= 11 is -0.750. The summed E-state index contributed by atoms with van der Waals surface area (Å²) in [5.41, 5.74) is 4.91. The van der Waals surface area contributed by atoms with Crippen LogP contribution in [0.2, 0.25) is 0 Å². The zero-order valence-corrected chi connectivity index (χ0v) is 27.5. The molecule has 244 valence electrons. The number of ketones is 1. The Bertz CT molecular complexity index is 1450. The highest BCUT2D eigenvalue weighted by atomic mass is 32.1. The summed E-state index contributed by atoms with van der Waals surface area (Å²) in [6, 6.07) is 20.7. The molecule has 0 N–H and O–H groups in total. The minimum Gasteiger partial charge on any atom is -0.490 e. The molecule has 10 heteroatoms. The number of anilines is 1. The molecule has 3 aromatic rings. The summed E-state index contributed by atoms with van der Waals surface area (Å²) in [6.07, 6.45) is 8.48. The summed E-state index contributed by atoms with van der Waals surface area (Å²) in [6.45, 7) is 8.70. The summed E-state index contributed by atoms with van der Waals surface area (Å²) in [7, 11) is 0. The molecule has 0 unspecified atom stereocenters. The molecular formula is C36H44N4O5S. The zero-order chi connectivity index (χ0) is 32.3. The van der Waals surface area contributed by atoms with Crippen LogP contribution in [-0.2, 0) is 18.1 Å². The lowest BCUT2D eigenvalue weighted by Gasteiger charge is -2.32. The van der Waals surface area contributed by atoms with E-state index in [0.29, 0.717) is 36.7 Å². The Kier molecular flexibility index (Phi) is 12.1. The van der Waals surface area contributed by atoms with Gasteiger partial charge in [0, 0.05) is 69.4 Å². The van der Waals surface area contributed by atoms with Crippen LogP contribution in [0.25, 0.3) is 0 Å². The van der Waals surface area contributed by atoms with Crippen molar-refractivity contribution in [3.63, 3.8) is 0 Å².